The monoisotopic (exact) mass is 308 g/mol. The zero-order valence-electron chi connectivity index (χ0n) is 14.1. The zero-order chi connectivity index (χ0) is 16.0. The maximum atomic E-state index is 6.08. The van der Waals surface area contributed by atoms with Gasteiger partial charge in [0.1, 0.15) is 6.23 Å². The van der Waals surface area contributed by atoms with E-state index in [9.17, 15) is 0 Å². The molecule has 2 aromatic rings. The third-order valence-electron chi connectivity index (χ3n) is 5.06. The molecule has 2 saturated heterocycles. The molecule has 0 saturated carbocycles. The Kier molecular flexibility index (Phi) is 3.63. The lowest BCUT2D eigenvalue weighted by molar-refractivity contribution is 0.0688. The van der Waals surface area contributed by atoms with Crippen LogP contribution in [0.1, 0.15) is 28.3 Å². The van der Waals surface area contributed by atoms with E-state index in [4.69, 9.17) is 4.74 Å². The summed E-state index contributed by atoms with van der Waals surface area (Å²) in [6.07, 6.45) is 0.209. The fourth-order valence-corrected chi connectivity index (χ4v) is 4.18. The fraction of sp³-hybridized carbons (Fsp3) is 0.400. The molecule has 0 spiro atoms. The topological polar surface area (TPSA) is 15.7 Å². The van der Waals surface area contributed by atoms with Crippen LogP contribution < -0.4 is 4.90 Å². The van der Waals surface area contributed by atoms with Crippen LogP contribution in [0.2, 0.25) is 0 Å². The second-order valence-electron chi connectivity index (χ2n) is 6.84. The molecule has 2 fully saturated rings. The van der Waals surface area contributed by atoms with Gasteiger partial charge in [0, 0.05) is 5.69 Å². The first-order chi connectivity index (χ1) is 11.1. The standard InChI is InChI=1S/C20H24N2O/c1-14-9-15(2)20(16(3)10-14)21-11-19-22(13-21)18(12-23-19)17-7-5-4-6-8-17/h4-10,18-19H,11-13H2,1-3H3/t18-,19?/m1/s1. The number of ether oxygens (including phenoxy) is 1. The predicted molar refractivity (Wildman–Crippen MR) is 93.6 cm³/mol. The molecular formula is C20H24N2O. The SMILES string of the molecule is Cc1cc(C)c(N2CC3OC[C@H](c4ccccc4)N3C2)c(C)c1. The highest BCUT2D eigenvalue weighted by Gasteiger charge is 2.42. The maximum Gasteiger partial charge on any atom is 0.130 e. The van der Waals surface area contributed by atoms with Crippen molar-refractivity contribution in [2.75, 3.05) is 24.7 Å². The van der Waals surface area contributed by atoms with Crippen molar-refractivity contribution in [3.63, 3.8) is 0 Å². The van der Waals surface area contributed by atoms with E-state index in [1.54, 1.807) is 0 Å². The lowest BCUT2D eigenvalue weighted by Gasteiger charge is -2.26. The van der Waals surface area contributed by atoms with Crippen molar-refractivity contribution < 1.29 is 4.74 Å². The van der Waals surface area contributed by atoms with Crippen LogP contribution >= 0.6 is 0 Å². The van der Waals surface area contributed by atoms with Gasteiger partial charge in [-0.3, -0.25) is 0 Å². The first kappa shape index (κ1) is 14.7. The van der Waals surface area contributed by atoms with E-state index >= 15 is 0 Å². The minimum atomic E-state index is 0.209. The Labute approximate surface area is 138 Å². The van der Waals surface area contributed by atoms with Crippen molar-refractivity contribution in [1.82, 2.24) is 4.90 Å². The third-order valence-corrected chi connectivity index (χ3v) is 5.06. The Hall–Kier alpha value is -1.84. The molecule has 3 nitrogen and oxygen atoms in total. The molecule has 0 bridgehead atoms. The van der Waals surface area contributed by atoms with E-state index in [1.165, 1.54) is 27.9 Å². The maximum absolute atomic E-state index is 6.08. The molecule has 0 aromatic heterocycles. The van der Waals surface area contributed by atoms with Crippen molar-refractivity contribution in [1.29, 1.82) is 0 Å². The van der Waals surface area contributed by atoms with E-state index in [-0.39, 0.29) is 6.23 Å². The molecule has 1 unspecified atom stereocenters. The van der Waals surface area contributed by atoms with Crippen molar-refractivity contribution in [3.8, 4) is 0 Å². The summed E-state index contributed by atoms with van der Waals surface area (Å²) in [7, 11) is 0. The zero-order valence-corrected chi connectivity index (χ0v) is 14.1. The van der Waals surface area contributed by atoms with Crippen LogP contribution in [-0.4, -0.2) is 30.9 Å². The van der Waals surface area contributed by atoms with Gasteiger partial charge in [-0.2, -0.15) is 0 Å². The third kappa shape index (κ3) is 2.54. The Bertz CT molecular complexity index is 690. The summed E-state index contributed by atoms with van der Waals surface area (Å²) < 4.78 is 6.08. The largest absolute Gasteiger partial charge is 0.359 e. The van der Waals surface area contributed by atoms with Crippen LogP contribution in [0, 0.1) is 20.8 Å². The van der Waals surface area contributed by atoms with Gasteiger partial charge in [-0.1, -0.05) is 48.0 Å². The van der Waals surface area contributed by atoms with Crippen LogP contribution in [-0.2, 0) is 4.74 Å². The number of aryl methyl sites for hydroxylation is 3. The van der Waals surface area contributed by atoms with Gasteiger partial charge in [0.2, 0.25) is 0 Å². The quantitative estimate of drug-likeness (QED) is 0.839. The molecule has 0 aliphatic carbocycles. The number of hydrogen-bond donors (Lipinski definition) is 0. The Morgan fingerprint density at radius 1 is 1.00 bits per heavy atom. The van der Waals surface area contributed by atoms with Crippen molar-refractivity contribution in [3.05, 3.63) is 64.7 Å². The molecule has 3 heteroatoms. The minimum Gasteiger partial charge on any atom is -0.359 e. The molecule has 2 aromatic carbocycles. The highest BCUT2D eigenvalue weighted by atomic mass is 16.5. The average molecular weight is 308 g/mol. The number of anilines is 1. The Balaban J connectivity index is 1.60. The lowest BCUT2D eigenvalue weighted by Crippen LogP contribution is -2.29. The summed E-state index contributed by atoms with van der Waals surface area (Å²) in [4.78, 5) is 4.97. The molecule has 2 atom stereocenters. The summed E-state index contributed by atoms with van der Waals surface area (Å²) in [5.74, 6) is 0. The molecule has 0 N–H and O–H groups in total. The second kappa shape index (κ2) is 5.66. The van der Waals surface area contributed by atoms with Gasteiger partial charge in [0.15, 0.2) is 0 Å². The van der Waals surface area contributed by atoms with E-state index in [1.807, 2.05) is 0 Å². The fourth-order valence-electron chi connectivity index (χ4n) is 4.18. The van der Waals surface area contributed by atoms with Gasteiger partial charge in [0.25, 0.3) is 0 Å². The average Bonchev–Trinajstić information content (AvgIpc) is 3.07. The van der Waals surface area contributed by atoms with E-state index < -0.39 is 0 Å². The highest BCUT2D eigenvalue weighted by Crippen LogP contribution is 2.37. The van der Waals surface area contributed by atoms with Gasteiger partial charge in [-0.05, 0) is 37.5 Å². The minimum absolute atomic E-state index is 0.209. The first-order valence-electron chi connectivity index (χ1n) is 8.38. The smallest absolute Gasteiger partial charge is 0.130 e. The first-order valence-corrected chi connectivity index (χ1v) is 8.38. The van der Waals surface area contributed by atoms with Gasteiger partial charge >= 0.3 is 0 Å². The molecule has 2 aliphatic rings. The Morgan fingerprint density at radius 3 is 2.39 bits per heavy atom. The highest BCUT2D eigenvalue weighted by molar-refractivity contribution is 5.60. The van der Waals surface area contributed by atoms with Crippen LogP contribution in [0.5, 0.6) is 0 Å². The van der Waals surface area contributed by atoms with Crippen LogP contribution in [0.4, 0.5) is 5.69 Å². The molecule has 0 amide bonds. The number of hydrogen-bond acceptors (Lipinski definition) is 3. The number of rotatable bonds is 2. The molecule has 4 rings (SSSR count). The van der Waals surface area contributed by atoms with Gasteiger partial charge in [-0.15, -0.1) is 0 Å². The van der Waals surface area contributed by atoms with Gasteiger partial charge in [-0.25, -0.2) is 4.90 Å². The Morgan fingerprint density at radius 2 is 1.70 bits per heavy atom. The summed E-state index contributed by atoms with van der Waals surface area (Å²) >= 11 is 0. The molecule has 0 radical (unpaired) electrons. The molecule has 120 valence electrons. The summed E-state index contributed by atoms with van der Waals surface area (Å²) in [5, 5.41) is 0. The molecule has 2 heterocycles. The van der Waals surface area contributed by atoms with E-state index in [2.05, 4.69) is 73.0 Å². The molecule has 23 heavy (non-hydrogen) atoms. The van der Waals surface area contributed by atoms with Crippen LogP contribution in [0.3, 0.4) is 0 Å². The second-order valence-corrected chi connectivity index (χ2v) is 6.84. The van der Waals surface area contributed by atoms with Crippen LogP contribution in [0.15, 0.2) is 42.5 Å². The number of nitrogens with zero attached hydrogens (tertiary/aromatic N) is 2. The van der Waals surface area contributed by atoms with Crippen molar-refractivity contribution >= 4 is 5.69 Å². The van der Waals surface area contributed by atoms with Gasteiger partial charge < -0.3 is 9.64 Å². The van der Waals surface area contributed by atoms with E-state index in [0.717, 1.165) is 19.8 Å². The summed E-state index contributed by atoms with van der Waals surface area (Å²) in [6, 6.07) is 15.7. The van der Waals surface area contributed by atoms with Crippen molar-refractivity contribution in [2.45, 2.75) is 33.0 Å². The number of benzene rings is 2. The summed E-state index contributed by atoms with van der Waals surface area (Å²) in [6.45, 7) is 9.29. The van der Waals surface area contributed by atoms with Crippen molar-refractivity contribution in [2.24, 2.45) is 0 Å². The predicted octanol–water partition coefficient (Wildman–Crippen LogP) is 3.79. The summed E-state index contributed by atoms with van der Waals surface area (Å²) in [5.41, 5.74) is 6.79. The van der Waals surface area contributed by atoms with E-state index in [0.29, 0.717) is 6.04 Å². The normalized spacial score (nSPS) is 24.2. The van der Waals surface area contributed by atoms with Crippen LogP contribution in [0.25, 0.3) is 0 Å². The van der Waals surface area contributed by atoms with Gasteiger partial charge in [0.05, 0.1) is 25.9 Å². The molecular weight excluding hydrogens is 284 g/mol. The number of fused-ring (bicyclic) bond motifs is 1. The molecule has 2 aliphatic heterocycles. The lowest BCUT2D eigenvalue weighted by atomic mass is 10.0.